The monoisotopic (exact) mass is 242 g/mol. The molecule has 0 fully saturated rings. The first-order valence-corrected chi connectivity index (χ1v) is 4.54. The summed E-state index contributed by atoms with van der Waals surface area (Å²) in [5.74, 6) is 2.26. The van der Waals surface area contributed by atoms with Gasteiger partial charge in [0.2, 0.25) is 0 Å². The molecule has 0 heterocycles. The average molecular weight is 243 g/mol. The zero-order valence-electron chi connectivity index (χ0n) is 6.89. The van der Waals surface area contributed by atoms with Crippen molar-refractivity contribution in [3.8, 4) is 18.1 Å². The van der Waals surface area contributed by atoms with Crippen LogP contribution in [0.4, 0.5) is 4.39 Å². The summed E-state index contributed by atoms with van der Waals surface area (Å²) in [5.41, 5.74) is 0. The maximum atomic E-state index is 13.0. The Morgan fingerprint density at radius 3 is 3.00 bits per heavy atom. The van der Waals surface area contributed by atoms with E-state index in [1.165, 1.54) is 6.07 Å². The molecule has 68 valence electrons. The van der Waals surface area contributed by atoms with E-state index in [0.29, 0.717) is 13.0 Å². The molecule has 0 amide bonds. The Balaban J connectivity index is 2.65. The van der Waals surface area contributed by atoms with Crippen LogP contribution < -0.4 is 4.74 Å². The highest BCUT2D eigenvalue weighted by Crippen LogP contribution is 2.22. The van der Waals surface area contributed by atoms with E-state index in [-0.39, 0.29) is 11.6 Å². The lowest BCUT2D eigenvalue weighted by Crippen LogP contribution is -1.97. The topological polar surface area (TPSA) is 9.23 Å². The van der Waals surface area contributed by atoms with Gasteiger partial charge in [0.05, 0.1) is 6.61 Å². The standard InChI is InChI=1S/C10H8BrFO/c1-2-3-6-13-10-7-8(11)4-5-9(10)12/h1,4-5,7H,3,6H2. The van der Waals surface area contributed by atoms with Crippen LogP contribution >= 0.6 is 15.9 Å². The van der Waals surface area contributed by atoms with Crippen molar-refractivity contribution in [1.29, 1.82) is 0 Å². The lowest BCUT2D eigenvalue weighted by atomic mass is 10.3. The predicted octanol–water partition coefficient (Wildman–Crippen LogP) is 2.99. The smallest absolute Gasteiger partial charge is 0.165 e. The van der Waals surface area contributed by atoms with Gasteiger partial charge in [0.15, 0.2) is 11.6 Å². The molecule has 13 heavy (non-hydrogen) atoms. The highest BCUT2D eigenvalue weighted by Gasteiger charge is 2.02. The molecule has 0 unspecified atom stereocenters. The van der Waals surface area contributed by atoms with E-state index in [9.17, 15) is 4.39 Å². The second kappa shape index (κ2) is 4.88. The van der Waals surface area contributed by atoms with Gasteiger partial charge in [-0.15, -0.1) is 12.3 Å². The largest absolute Gasteiger partial charge is 0.489 e. The Bertz CT molecular complexity index is 330. The van der Waals surface area contributed by atoms with Gasteiger partial charge in [-0.05, 0) is 18.2 Å². The molecule has 0 bridgehead atoms. The van der Waals surface area contributed by atoms with E-state index in [1.54, 1.807) is 12.1 Å². The Hall–Kier alpha value is -1.01. The molecule has 3 heteroatoms. The molecule has 0 saturated carbocycles. The Morgan fingerprint density at radius 1 is 1.54 bits per heavy atom. The van der Waals surface area contributed by atoms with Crippen molar-refractivity contribution in [1.82, 2.24) is 0 Å². The molecule has 0 aliphatic heterocycles. The van der Waals surface area contributed by atoms with Gasteiger partial charge in [0.25, 0.3) is 0 Å². The summed E-state index contributed by atoms with van der Waals surface area (Å²) in [6.45, 7) is 0.337. The number of hydrogen-bond acceptors (Lipinski definition) is 1. The third-order valence-electron chi connectivity index (χ3n) is 1.40. The molecule has 0 saturated heterocycles. The number of rotatable bonds is 3. The minimum absolute atomic E-state index is 0.227. The predicted molar refractivity (Wildman–Crippen MR) is 53.0 cm³/mol. The Morgan fingerprint density at radius 2 is 2.31 bits per heavy atom. The third-order valence-corrected chi connectivity index (χ3v) is 1.89. The van der Waals surface area contributed by atoms with Crippen molar-refractivity contribution in [3.63, 3.8) is 0 Å². The summed E-state index contributed by atoms with van der Waals surface area (Å²) < 4.78 is 18.9. The normalized spacial score (nSPS) is 9.31. The molecule has 0 radical (unpaired) electrons. The van der Waals surface area contributed by atoms with Crippen LogP contribution in [0.1, 0.15) is 6.42 Å². The van der Waals surface area contributed by atoms with Crippen LogP contribution in [0.3, 0.4) is 0 Å². The fourth-order valence-electron chi connectivity index (χ4n) is 0.808. The van der Waals surface area contributed by atoms with E-state index in [2.05, 4.69) is 21.9 Å². The number of halogens is 2. The van der Waals surface area contributed by atoms with Crippen molar-refractivity contribution in [3.05, 3.63) is 28.5 Å². The minimum Gasteiger partial charge on any atom is -0.489 e. The van der Waals surface area contributed by atoms with Gasteiger partial charge in [-0.1, -0.05) is 15.9 Å². The molecule has 0 aliphatic rings. The van der Waals surface area contributed by atoms with Crippen LogP contribution in [0.2, 0.25) is 0 Å². The van der Waals surface area contributed by atoms with Crippen LogP contribution in [0, 0.1) is 18.2 Å². The quantitative estimate of drug-likeness (QED) is 0.585. The van der Waals surface area contributed by atoms with Crippen LogP contribution in [-0.2, 0) is 0 Å². The molecule has 1 aromatic rings. The molecule has 0 spiro atoms. The first-order valence-electron chi connectivity index (χ1n) is 3.75. The van der Waals surface area contributed by atoms with Crippen LogP contribution in [0.15, 0.2) is 22.7 Å². The maximum absolute atomic E-state index is 13.0. The van der Waals surface area contributed by atoms with Crippen molar-refractivity contribution >= 4 is 15.9 Å². The molecule has 1 rings (SSSR count). The van der Waals surface area contributed by atoms with Gasteiger partial charge >= 0.3 is 0 Å². The van der Waals surface area contributed by atoms with E-state index in [0.717, 1.165) is 4.47 Å². The molecular weight excluding hydrogens is 235 g/mol. The molecule has 1 nitrogen and oxygen atoms in total. The highest BCUT2D eigenvalue weighted by atomic mass is 79.9. The van der Waals surface area contributed by atoms with Crippen molar-refractivity contribution in [2.24, 2.45) is 0 Å². The van der Waals surface area contributed by atoms with Crippen molar-refractivity contribution in [2.75, 3.05) is 6.61 Å². The van der Waals surface area contributed by atoms with Gasteiger partial charge in [-0.25, -0.2) is 4.39 Å². The van der Waals surface area contributed by atoms with E-state index in [1.807, 2.05) is 0 Å². The summed E-state index contributed by atoms with van der Waals surface area (Å²) in [6.07, 6.45) is 5.51. The van der Waals surface area contributed by atoms with Crippen LogP contribution in [0.25, 0.3) is 0 Å². The fraction of sp³-hybridized carbons (Fsp3) is 0.200. The molecule has 0 N–H and O–H groups in total. The maximum Gasteiger partial charge on any atom is 0.165 e. The summed E-state index contributed by atoms with van der Waals surface area (Å²) >= 11 is 3.22. The fourth-order valence-corrected chi connectivity index (χ4v) is 1.15. The van der Waals surface area contributed by atoms with E-state index >= 15 is 0 Å². The van der Waals surface area contributed by atoms with Crippen LogP contribution in [-0.4, -0.2) is 6.61 Å². The number of terminal acetylenes is 1. The van der Waals surface area contributed by atoms with E-state index < -0.39 is 0 Å². The SMILES string of the molecule is C#CCCOc1cc(Br)ccc1F. The zero-order chi connectivity index (χ0) is 9.68. The highest BCUT2D eigenvalue weighted by molar-refractivity contribution is 9.10. The molecule has 1 aromatic carbocycles. The summed E-state index contributed by atoms with van der Waals surface area (Å²) in [6, 6.07) is 4.53. The first kappa shape index (κ1) is 10.1. The van der Waals surface area contributed by atoms with E-state index in [4.69, 9.17) is 11.2 Å². The van der Waals surface area contributed by atoms with Gasteiger partial charge in [0.1, 0.15) is 0 Å². The molecule has 0 atom stereocenters. The van der Waals surface area contributed by atoms with Gasteiger partial charge in [-0.2, -0.15) is 0 Å². The number of ether oxygens (including phenoxy) is 1. The zero-order valence-corrected chi connectivity index (χ0v) is 8.47. The number of benzene rings is 1. The van der Waals surface area contributed by atoms with Crippen LogP contribution in [0.5, 0.6) is 5.75 Å². The molecule has 0 aliphatic carbocycles. The Kier molecular flexibility index (Phi) is 3.78. The van der Waals surface area contributed by atoms with Gasteiger partial charge < -0.3 is 4.74 Å². The van der Waals surface area contributed by atoms with Gasteiger partial charge in [0, 0.05) is 10.9 Å². The van der Waals surface area contributed by atoms with Crippen molar-refractivity contribution in [2.45, 2.75) is 6.42 Å². The van der Waals surface area contributed by atoms with Crippen molar-refractivity contribution < 1.29 is 9.13 Å². The second-order valence-corrected chi connectivity index (χ2v) is 3.29. The second-order valence-electron chi connectivity index (χ2n) is 2.38. The minimum atomic E-state index is -0.375. The number of hydrogen-bond donors (Lipinski definition) is 0. The average Bonchev–Trinajstić information content (AvgIpc) is 2.11. The third kappa shape index (κ3) is 3.08. The summed E-state index contributed by atoms with van der Waals surface area (Å²) in [5, 5.41) is 0. The van der Waals surface area contributed by atoms with Gasteiger partial charge in [-0.3, -0.25) is 0 Å². The summed E-state index contributed by atoms with van der Waals surface area (Å²) in [7, 11) is 0. The lowest BCUT2D eigenvalue weighted by molar-refractivity contribution is 0.310. The Labute approximate surface area is 85.0 Å². The lowest BCUT2D eigenvalue weighted by Gasteiger charge is -2.05. The summed E-state index contributed by atoms with van der Waals surface area (Å²) in [4.78, 5) is 0. The first-order chi connectivity index (χ1) is 6.24. The molecule has 0 aromatic heterocycles. The molecular formula is C10H8BrFO.